The average Bonchev–Trinajstić information content (AvgIpc) is 3.13. The summed E-state index contributed by atoms with van der Waals surface area (Å²) in [7, 11) is 3.17. The topological polar surface area (TPSA) is 106 Å². The number of carbonyl (C=O) groups excluding carboxylic acids is 3. The van der Waals surface area contributed by atoms with E-state index in [-0.39, 0.29) is 13.0 Å². The maximum atomic E-state index is 13.4. The van der Waals surface area contributed by atoms with E-state index in [2.05, 4.69) is 10.6 Å². The molecule has 1 spiro atoms. The first-order valence-electron chi connectivity index (χ1n) is 11.4. The molecule has 2 heterocycles. The number of benzene rings is 3. The van der Waals surface area contributed by atoms with Crippen molar-refractivity contribution in [2.45, 2.75) is 12.0 Å². The van der Waals surface area contributed by atoms with Gasteiger partial charge in [-0.1, -0.05) is 30.3 Å². The summed E-state index contributed by atoms with van der Waals surface area (Å²) in [6.45, 7) is -0.137. The third-order valence-corrected chi connectivity index (χ3v) is 6.44. The number of nitrogens with zero attached hydrogens (tertiary/aromatic N) is 1. The SMILES string of the molecule is COc1ccc(-c2cc(NC(=O)CN3C(=O)NC4(CCOc5ccccc54)C3=O)ccc2OC)cc1. The van der Waals surface area contributed by atoms with E-state index < -0.39 is 29.9 Å². The van der Waals surface area contributed by atoms with Gasteiger partial charge in [-0.2, -0.15) is 0 Å². The van der Waals surface area contributed by atoms with Crippen LogP contribution in [-0.4, -0.2) is 50.1 Å². The molecule has 3 aromatic rings. The molecule has 9 nitrogen and oxygen atoms in total. The molecule has 0 aliphatic carbocycles. The molecular formula is C27H25N3O6. The first-order chi connectivity index (χ1) is 17.4. The number of nitrogens with one attached hydrogen (secondary N) is 2. The normalized spacial score (nSPS) is 18.3. The lowest BCUT2D eigenvalue weighted by Gasteiger charge is -2.33. The van der Waals surface area contributed by atoms with Gasteiger partial charge in [-0.3, -0.25) is 14.5 Å². The predicted octanol–water partition coefficient (Wildman–Crippen LogP) is 3.54. The molecule has 2 N–H and O–H groups in total. The Kier molecular flexibility index (Phi) is 5.97. The second-order valence-corrected chi connectivity index (χ2v) is 8.51. The fourth-order valence-electron chi connectivity index (χ4n) is 4.64. The van der Waals surface area contributed by atoms with Gasteiger partial charge in [0, 0.05) is 23.2 Å². The number of rotatable bonds is 6. The molecule has 2 aliphatic heterocycles. The number of ether oxygens (including phenoxy) is 3. The summed E-state index contributed by atoms with van der Waals surface area (Å²) < 4.78 is 16.4. The molecule has 0 bridgehead atoms. The van der Waals surface area contributed by atoms with Crippen molar-refractivity contribution in [1.82, 2.24) is 10.2 Å². The lowest BCUT2D eigenvalue weighted by atomic mass is 9.84. The quantitative estimate of drug-likeness (QED) is 0.515. The predicted molar refractivity (Wildman–Crippen MR) is 132 cm³/mol. The molecular weight excluding hydrogens is 462 g/mol. The zero-order valence-electron chi connectivity index (χ0n) is 19.9. The molecule has 1 saturated heterocycles. The molecule has 0 radical (unpaired) electrons. The van der Waals surface area contributed by atoms with Crippen molar-refractivity contribution < 1.29 is 28.6 Å². The van der Waals surface area contributed by atoms with E-state index in [0.717, 1.165) is 21.8 Å². The minimum atomic E-state index is -1.23. The van der Waals surface area contributed by atoms with Crippen LogP contribution in [0.2, 0.25) is 0 Å². The summed E-state index contributed by atoms with van der Waals surface area (Å²) in [6.07, 6.45) is 0.288. The zero-order valence-corrected chi connectivity index (χ0v) is 19.9. The van der Waals surface area contributed by atoms with E-state index in [9.17, 15) is 14.4 Å². The minimum Gasteiger partial charge on any atom is -0.497 e. The monoisotopic (exact) mass is 487 g/mol. The van der Waals surface area contributed by atoms with Crippen LogP contribution in [0.5, 0.6) is 17.2 Å². The Morgan fingerprint density at radius 3 is 2.58 bits per heavy atom. The molecule has 0 saturated carbocycles. The lowest BCUT2D eigenvalue weighted by Crippen LogP contribution is -2.48. The highest BCUT2D eigenvalue weighted by atomic mass is 16.5. The number of hydrogen-bond acceptors (Lipinski definition) is 6. The second kappa shape index (κ2) is 9.26. The summed E-state index contributed by atoms with van der Waals surface area (Å²) >= 11 is 0. The van der Waals surface area contributed by atoms with Crippen LogP contribution in [0.1, 0.15) is 12.0 Å². The van der Waals surface area contributed by atoms with Gasteiger partial charge in [-0.05, 0) is 42.0 Å². The first-order valence-corrected chi connectivity index (χ1v) is 11.4. The van der Waals surface area contributed by atoms with Crippen molar-refractivity contribution in [2.24, 2.45) is 0 Å². The number of anilines is 1. The van der Waals surface area contributed by atoms with Crippen LogP contribution in [0.4, 0.5) is 10.5 Å². The highest BCUT2D eigenvalue weighted by Crippen LogP contribution is 2.41. The van der Waals surface area contributed by atoms with Gasteiger partial charge in [-0.25, -0.2) is 4.79 Å². The van der Waals surface area contributed by atoms with E-state index in [1.807, 2.05) is 24.3 Å². The van der Waals surface area contributed by atoms with Gasteiger partial charge in [-0.15, -0.1) is 0 Å². The van der Waals surface area contributed by atoms with Crippen molar-refractivity contribution in [1.29, 1.82) is 0 Å². The van der Waals surface area contributed by atoms with E-state index in [4.69, 9.17) is 14.2 Å². The zero-order chi connectivity index (χ0) is 25.3. The molecule has 1 unspecified atom stereocenters. The smallest absolute Gasteiger partial charge is 0.325 e. The third-order valence-electron chi connectivity index (χ3n) is 6.44. The number of fused-ring (bicyclic) bond motifs is 2. The Balaban J connectivity index is 1.34. The number of methoxy groups -OCH3 is 2. The largest absolute Gasteiger partial charge is 0.497 e. The highest BCUT2D eigenvalue weighted by molar-refractivity contribution is 6.10. The van der Waals surface area contributed by atoms with Crippen molar-refractivity contribution in [2.75, 3.05) is 32.7 Å². The Morgan fingerprint density at radius 2 is 1.83 bits per heavy atom. The van der Waals surface area contributed by atoms with Crippen molar-refractivity contribution in [3.05, 3.63) is 72.3 Å². The fraction of sp³-hybridized carbons (Fsp3) is 0.222. The number of carbonyl (C=O) groups is 3. The Labute approximate surface area is 208 Å². The molecule has 1 fully saturated rings. The van der Waals surface area contributed by atoms with Gasteiger partial charge in [0.2, 0.25) is 5.91 Å². The van der Waals surface area contributed by atoms with E-state index >= 15 is 0 Å². The first kappa shape index (κ1) is 23.2. The fourth-order valence-corrected chi connectivity index (χ4v) is 4.64. The molecule has 5 rings (SSSR count). The van der Waals surface area contributed by atoms with Gasteiger partial charge in [0.05, 0.1) is 20.8 Å². The Hall–Kier alpha value is -4.53. The molecule has 9 heteroatoms. The molecule has 1 atom stereocenters. The van der Waals surface area contributed by atoms with Gasteiger partial charge >= 0.3 is 6.03 Å². The molecule has 0 aromatic heterocycles. The number of para-hydroxylation sites is 1. The molecule has 36 heavy (non-hydrogen) atoms. The van der Waals surface area contributed by atoms with Gasteiger partial charge in [0.15, 0.2) is 5.54 Å². The van der Waals surface area contributed by atoms with E-state index in [1.54, 1.807) is 56.7 Å². The van der Waals surface area contributed by atoms with Crippen molar-refractivity contribution in [3.8, 4) is 28.4 Å². The van der Waals surface area contributed by atoms with Crippen LogP contribution in [-0.2, 0) is 15.1 Å². The Bertz CT molecular complexity index is 1340. The highest BCUT2D eigenvalue weighted by Gasteiger charge is 2.55. The summed E-state index contributed by atoms with van der Waals surface area (Å²) in [4.78, 5) is 40.0. The number of hydrogen-bond donors (Lipinski definition) is 2. The van der Waals surface area contributed by atoms with E-state index in [0.29, 0.717) is 22.7 Å². The summed E-state index contributed by atoms with van der Waals surface area (Å²) in [5.74, 6) is 0.940. The molecule has 184 valence electrons. The van der Waals surface area contributed by atoms with Crippen LogP contribution in [0.3, 0.4) is 0 Å². The molecule has 4 amide bonds. The number of amides is 4. The number of urea groups is 1. The lowest BCUT2D eigenvalue weighted by molar-refractivity contribution is -0.135. The maximum absolute atomic E-state index is 13.4. The van der Waals surface area contributed by atoms with Crippen LogP contribution < -0.4 is 24.8 Å². The molecule has 3 aromatic carbocycles. The van der Waals surface area contributed by atoms with Crippen LogP contribution in [0.25, 0.3) is 11.1 Å². The Morgan fingerprint density at radius 1 is 1.06 bits per heavy atom. The van der Waals surface area contributed by atoms with Crippen LogP contribution >= 0.6 is 0 Å². The molecule has 2 aliphatic rings. The van der Waals surface area contributed by atoms with Gasteiger partial charge in [0.25, 0.3) is 5.91 Å². The van der Waals surface area contributed by atoms with Crippen molar-refractivity contribution >= 4 is 23.5 Å². The summed E-state index contributed by atoms with van der Waals surface area (Å²) in [5.41, 5.74) is 1.51. The van der Waals surface area contributed by atoms with Gasteiger partial charge in [0.1, 0.15) is 23.8 Å². The van der Waals surface area contributed by atoms with Crippen LogP contribution in [0.15, 0.2) is 66.7 Å². The minimum absolute atomic E-state index is 0.281. The third kappa shape index (κ3) is 3.98. The average molecular weight is 488 g/mol. The maximum Gasteiger partial charge on any atom is 0.325 e. The number of imide groups is 1. The summed E-state index contributed by atoms with van der Waals surface area (Å²) in [6, 6.07) is 19.2. The standard InChI is InChI=1S/C27H25N3O6/c1-34-19-10-7-17(8-11-19)20-15-18(9-12-22(20)35-2)28-24(31)16-30-25(32)27(29-26(30)33)13-14-36-23-6-4-3-5-21(23)27/h3-12,15H,13-14,16H2,1-2H3,(H,28,31)(H,29,33). The second-order valence-electron chi connectivity index (χ2n) is 8.51. The van der Waals surface area contributed by atoms with Gasteiger partial charge < -0.3 is 24.8 Å². The van der Waals surface area contributed by atoms with Crippen molar-refractivity contribution in [3.63, 3.8) is 0 Å². The summed E-state index contributed by atoms with van der Waals surface area (Å²) in [5, 5.41) is 5.59. The van der Waals surface area contributed by atoms with Crippen LogP contribution in [0, 0.1) is 0 Å². The van der Waals surface area contributed by atoms with E-state index in [1.165, 1.54) is 0 Å².